The van der Waals surface area contributed by atoms with Crippen LogP contribution < -0.4 is 5.32 Å². The summed E-state index contributed by atoms with van der Waals surface area (Å²) in [7, 11) is 0. The van der Waals surface area contributed by atoms with Crippen LogP contribution in [0, 0.1) is 10.1 Å². The molecular formula is C12H13BrN4O2. The van der Waals surface area contributed by atoms with Crippen LogP contribution >= 0.6 is 15.9 Å². The van der Waals surface area contributed by atoms with E-state index in [2.05, 4.69) is 26.2 Å². The van der Waals surface area contributed by atoms with Crippen LogP contribution in [0.5, 0.6) is 0 Å². The summed E-state index contributed by atoms with van der Waals surface area (Å²) in [5.74, 6) is 0. The lowest BCUT2D eigenvalue weighted by atomic mass is 10.2. The van der Waals surface area contributed by atoms with E-state index < -0.39 is 4.92 Å². The zero-order chi connectivity index (χ0) is 13.8. The third kappa shape index (κ3) is 3.11. The van der Waals surface area contributed by atoms with Crippen LogP contribution in [0.25, 0.3) is 0 Å². The highest BCUT2D eigenvalue weighted by Crippen LogP contribution is 2.27. The molecule has 0 aliphatic heterocycles. The molecule has 1 aromatic carbocycles. The lowest BCUT2D eigenvalue weighted by Crippen LogP contribution is -2.06. The fraction of sp³-hybridized carbons (Fsp3) is 0.250. The van der Waals surface area contributed by atoms with Gasteiger partial charge in [-0.1, -0.05) is 0 Å². The van der Waals surface area contributed by atoms with E-state index in [0.717, 1.165) is 16.7 Å². The van der Waals surface area contributed by atoms with E-state index in [4.69, 9.17) is 0 Å². The molecule has 2 rings (SSSR count). The molecule has 0 unspecified atom stereocenters. The largest absolute Gasteiger partial charge is 0.378 e. The Morgan fingerprint density at radius 3 is 3.00 bits per heavy atom. The summed E-state index contributed by atoms with van der Waals surface area (Å²) in [5, 5.41) is 13.9. The van der Waals surface area contributed by atoms with Crippen molar-refractivity contribution in [3.8, 4) is 0 Å². The summed E-state index contributed by atoms with van der Waals surface area (Å²) in [6.07, 6.45) is 3.54. The van der Waals surface area contributed by atoms with Gasteiger partial charge in [-0.05, 0) is 28.9 Å². The van der Waals surface area contributed by atoms with Gasteiger partial charge in [-0.25, -0.2) is 4.98 Å². The van der Waals surface area contributed by atoms with Crippen molar-refractivity contribution >= 4 is 27.3 Å². The smallest absolute Gasteiger partial charge is 0.271 e. The Balaban J connectivity index is 2.15. The van der Waals surface area contributed by atoms with E-state index in [-0.39, 0.29) is 5.69 Å². The highest BCUT2D eigenvalue weighted by atomic mass is 79.9. The van der Waals surface area contributed by atoms with Gasteiger partial charge in [-0.2, -0.15) is 0 Å². The number of non-ortho nitro benzene ring substituents is 1. The van der Waals surface area contributed by atoms with Crippen LogP contribution in [0.3, 0.4) is 0 Å². The Bertz CT molecular complexity index is 597. The molecule has 6 nitrogen and oxygen atoms in total. The maximum Gasteiger partial charge on any atom is 0.271 e. The number of hydrogen-bond donors (Lipinski definition) is 1. The summed E-state index contributed by atoms with van der Waals surface area (Å²) in [6, 6.07) is 4.64. The number of hydrogen-bond acceptors (Lipinski definition) is 4. The Morgan fingerprint density at radius 1 is 1.53 bits per heavy atom. The predicted molar refractivity (Wildman–Crippen MR) is 76.0 cm³/mol. The summed E-state index contributed by atoms with van der Waals surface area (Å²) < 4.78 is 2.80. The van der Waals surface area contributed by atoms with E-state index >= 15 is 0 Å². The van der Waals surface area contributed by atoms with Crippen molar-refractivity contribution < 1.29 is 4.92 Å². The molecule has 0 aliphatic rings. The molecule has 0 aliphatic carbocycles. The van der Waals surface area contributed by atoms with E-state index in [0.29, 0.717) is 12.2 Å². The number of aromatic nitrogens is 2. The molecule has 0 bridgehead atoms. The van der Waals surface area contributed by atoms with Gasteiger partial charge in [0.2, 0.25) is 0 Å². The number of imidazole rings is 1. The van der Waals surface area contributed by atoms with E-state index in [1.54, 1.807) is 18.6 Å². The molecule has 0 spiro atoms. The molecule has 100 valence electrons. The highest BCUT2D eigenvalue weighted by Gasteiger charge is 2.09. The minimum atomic E-state index is -0.409. The van der Waals surface area contributed by atoms with E-state index in [9.17, 15) is 10.1 Å². The molecule has 19 heavy (non-hydrogen) atoms. The van der Waals surface area contributed by atoms with Crippen LogP contribution in [0.1, 0.15) is 12.6 Å². The highest BCUT2D eigenvalue weighted by molar-refractivity contribution is 9.10. The van der Waals surface area contributed by atoms with Gasteiger partial charge in [0.05, 0.1) is 29.2 Å². The van der Waals surface area contributed by atoms with Gasteiger partial charge in [-0.15, -0.1) is 0 Å². The molecule has 0 fully saturated rings. The van der Waals surface area contributed by atoms with Gasteiger partial charge in [0.15, 0.2) is 0 Å². The Labute approximate surface area is 118 Å². The summed E-state index contributed by atoms with van der Waals surface area (Å²) in [4.78, 5) is 14.4. The van der Waals surface area contributed by atoms with Crippen molar-refractivity contribution in [3.63, 3.8) is 0 Å². The maximum atomic E-state index is 10.7. The molecule has 0 radical (unpaired) electrons. The van der Waals surface area contributed by atoms with Crippen molar-refractivity contribution in [1.82, 2.24) is 9.55 Å². The van der Waals surface area contributed by atoms with E-state index in [1.807, 2.05) is 11.5 Å². The van der Waals surface area contributed by atoms with Crippen LogP contribution in [-0.2, 0) is 13.1 Å². The zero-order valence-corrected chi connectivity index (χ0v) is 11.9. The third-order valence-electron chi connectivity index (χ3n) is 2.76. The molecule has 0 amide bonds. The Morgan fingerprint density at radius 2 is 2.32 bits per heavy atom. The van der Waals surface area contributed by atoms with Crippen LogP contribution in [0.2, 0.25) is 0 Å². The average molecular weight is 325 g/mol. The molecule has 7 heteroatoms. The number of nitro benzene ring substituents is 1. The van der Waals surface area contributed by atoms with Gasteiger partial charge in [0, 0.05) is 29.3 Å². The number of nitro groups is 1. The first-order valence-electron chi connectivity index (χ1n) is 5.78. The number of nitrogens with one attached hydrogen (secondary N) is 1. The van der Waals surface area contributed by atoms with Crippen molar-refractivity contribution in [2.45, 2.75) is 20.0 Å². The normalized spacial score (nSPS) is 10.4. The zero-order valence-electron chi connectivity index (χ0n) is 10.3. The summed E-state index contributed by atoms with van der Waals surface area (Å²) in [5.41, 5.74) is 1.79. The van der Waals surface area contributed by atoms with Gasteiger partial charge >= 0.3 is 0 Å². The summed E-state index contributed by atoms with van der Waals surface area (Å²) in [6.45, 7) is 3.44. The monoisotopic (exact) mass is 324 g/mol. The topological polar surface area (TPSA) is 73.0 Å². The number of nitrogens with zero attached hydrogens (tertiary/aromatic N) is 3. The standard InChI is InChI=1S/C12H13BrN4O2/c1-2-16-8-14-6-10(16)7-15-12-5-9(17(18)19)3-4-11(12)13/h3-6,8,15H,2,7H2,1H3. The molecule has 0 saturated heterocycles. The van der Waals surface area contributed by atoms with Crippen LogP contribution in [0.15, 0.2) is 35.2 Å². The molecule has 2 aromatic rings. The lowest BCUT2D eigenvalue weighted by molar-refractivity contribution is -0.384. The quantitative estimate of drug-likeness (QED) is 0.677. The molecule has 0 atom stereocenters. The summed E-state index contributed by atoms with van der Waals surface area (Å²) >= 11 is 3.37. The van der Waals surface area contributed by atoms with Crippen LogP contribution in [0.4, 0.5) is 11.4 Å². The number of aryl methyl sites for hydroxylation is 1. The molecular weight excluding hydrogens is 312 g/mol. The minimum absolute atomic E-state index is 0.0645. The first-order valence-corrected chi connectivity index (χ1v) is 6.58. The fourth-order valence-corrected chi connectivity index (χ4v) is 2.11. The van der Waals surface area contributed by atoms with Gasteiger partial charge < -0.3 is 9.88 Å². The molecule has 1 N–H and O–H groups in total. The van der Waals surface area contributed by atoms with Crippen molar-refractivity contribution in [3.05, 3.63) is 51.0 Å². The number of anilines is 1. The third-order valence-corrected chi connectivity index (χ3v) is 3.45. The van der Waals surface area contributed by atoms with Gasteiger partial charge in [0.1, 0.15) is 0 Å². The fourth-order valence-electron chi connectivity index (χ4n) is 1.73. The second-order valence-electron chi connectivity index (χ2n) is 3.95. The van der Waals surface area contributed by atoms with Gasteiger partial charge in [-0.3, -0.25) is 10.1 Å². The second kappa shape index (κ2) is 5.83. The minimum Gasteiger partial charge on any atom is -0.378 e. The Hall–Kier alpha value is -1.89. The second-order valence-corrected chi connectivity index (χ2v) is 4.80. The van der Waals surface area contributed by atoms with Crippen molar-refractivity contribution in [1.29, 1.82) is 0 Å². The van der Waals surface area contributed by atoms with Gasteiger partial charge in [0.25, 0.3) is 5.69 Å². The van der Waals surface area contributed by atoms with Crippen molar-refractivity contribution in [2.24, 2.45) is 0 Å². The maximum absolute atomic E-state index is 10.7. The predicted octanol–water partition coefficient (Wildman–Crippen LogP) is 3.19. The Kier molecular flexibility index (Phi) is 4.16. The number of rotatable bonds is 5. The van der Waals surface area contributed by atoms with Crippen molar-refractivity contribution in [2.75, 3.05) is 5.32 Å². The number of benzene rings is 1. The van der Waals surface area contributed by atoms with Crippen LogP contribution in [-0.4, -0.2) is 14.5 Å². The molecule has 1 aromatic heterocycles. The molecule has 0 saturated carbocycles. The SMILES string of the molecule is CCn1cncc1CNc1cc([N+](=O)[O-])ccc1Br. The first kappa shape index (κ1) is 13.5. The number of halogens is 1. The molecule has 1 heterocycles. The average Bonchev–Trinajstić information content (AvgIpc) is 2.85. The lowest BCUT2D eigenvalue weighted by Gasteiger charge is -2.09. The van der Waals surface area contributed by atoms with E-state index in [1.165, 1.54) is 12.1 Å². The first-order chi connectivity index (χ1) is 9.11.